The molecule has 2 aromatic carbocycles. The van der Waals surface area contributed by atoms with Crippen molar-refractivity contribution < 1.29 is 13.2 Å². The Bertz CT molecular complexity index is 1010. The van der Waals surface area contributed by atoms with Gasteiger partial charge in [0.15, 0.2) is 0 Å². The van der Waals surface area contributed by atoms with Crippen molar-refractivity contribution in [2.45, 2.75) is 25.3 Å². The van der Waals surface area contributed by atoms with Crippen LogP contribution in [0, 0.1) is 5.92 Å². The van der Waals surface area contributed by atoms with E-state index in [-0.39, 0.29) is 4.90 Å². The fourth-order valence-electron chi connectivity index (χ4n) is 2.81. The van der Waals surface area contributed by atoms with Gasteiger partial charge in [-0.05, 0) is 24.1 Å². The number of para-hydroxylation sites is 1. The molecule has 1 aromatic heterocycles. The minimum Gasteiger partial charge on any atom is -0.346 e. The molecular formula is C19H20N2O3S. The van der Waals surface area contributed by atoms with Crippen molar-refractivity contribution in [3.05, 3.63) is 66.4 Å². The molecule has 0 fully saturated rings. The van der Waals surface area contributed by atoms with Gasteiger partial charge in [0.05, 0.1) is 10.5 Å². The lowest BCUT2D eigenvalue weighted by Gasteiger charge is -2.07. The van der Waals surface area contributed by atoms with Gasteiger partial charge in [-0.25, -0.2) is 13.1 Å². The summed E-state index contributed by atoms with van der Waals surface area (Å²) in [5.74, 6) is -0.220. The molecular weight excluding hydrogens is 336 g/mol. The van der Waals surface area contributed by atoms with Gasteiger partial charge >= 0.3 is 0 Å². The molecule has 0 aliphatic carbocycles. The summed E-state index contributed by atoms with van der Waals surface area (Å²) in [7, 11) is -3.90. The first-order chi connectivity index (χ1) is 11.9. The van der Waals surface area contributed by atoms with Crippen molar-refractivity contribution in [2.24, 2.45) is 5.92 Å². The van der Waals surface area contributed by atoms with Gasteiger partial charge in [0.25, 0.3) is 15.9 Å². The highest BCUT2D eigenvalue weighted by Gasteiger charge is 2.21. The van der Waals surface area contributed by atoms with E-state index in [2.05, 4.69) is 18.6 Å². The lowest BCUT2D eigenvalue weighted by atomic mass is 10.2. The van der Waals surface area contributed by atoms with E-state index in [4.69, 9.17) is 0 Å². The molecule has 1 amide bonds. The Hall–Kier alpha value is -2.60. The number of carbonyl (C=O) groups excluding carboxylic acids is 1. The molecule has 0 saturated carbocycles. The summed E-state index contributed by atoms with van der Waals surface area (Å²) in [5.41, 5.74) is 1.27. The highest BCUT2D eigenvalue weighted by molar-refractivity contribution is 7.90. The molecule has 0 aliphatic heterocycles. The van der Waals surface area contributed by atoms with E-state index in [1.807, 2.05) is 28.8 Å². The molecule has 0 bridgehead atoms. The van der Waals surface area contributed by atoms with Crippen LogP contribution in [0.25, 0.3) is 10.9 Å². The topological polar surface area (TPSA) is 68.2 Å². The molecule has 5 nitrogen and oxygen atoms in total. The number of carbonyl (C=O) groups is 1. The second-order valence-electron chi connectivity index (χ2n) is 6.35. The van der Waals surface area contributed by atoms with E-state index >= 15 is 0 Å². The molecule has 3 aromatic rings. The van der Waals surface area contributed by atoms with Crippen molar-refractivity contribution in [3.8, 4) is 0 Å². The van der Waals surface area contributed by atoms with Gasteiger partial charge < -0.3 is 4.57 Å². The van der Waals surface area contributed by atoms with Gasteiger partial charge in [0.2, 0.25) is 0 Å². The Labute approximate surface area is 147 Å². The summed E-state index contributed by atoms with van der Waals surface area (Å²) in [6.45, 7) is 4.93. The van der Waals surface area contributed by atoms with Crippen molar-refractivity contribution in [1.29, 1.82) is 0 Å². The van der Waals surface area contributed by atoms with Crippen LogP contribution < -0.4 is 4.72 Å². The first-order valence-electron chi connectivity index (χ1n) is 8.08. The van der Waals surface area contributed by atoms with Gasteiger partial charge in [-0.15, -0.1) is 0 Å². The molecule has 1 heterocycles. The third-order valence-corrected chi connectivity index (χ3v) is 5.22. The molecule has 0 radical (unpaired) electrons. The van der Waals surface area contributed by atoms with Crippen LogP contribution in [0.15, 0.2) is 65.7 Å². The van der Waals surface area contributed by atoms with E-state index in [1.54, 1.807) is 24.4 Å². The second-order valence-corrected chi connectivity index (χ2v) is 8.04. The summed E-state index contributed by atoms with van der Waals surface area (Å²) < 4.78 is 29.0. The number of fused-ring (bicyclic) bond motifs is 1. The van der Waals surface area contributed by atoms with Crippen LogP contribution in [-0.4, -0.2) is 18.9 Å². The number of hydrogen-bond acceptors (Lipinski definition) is 3. The number of nitrogens with zero attached hydrogens (tertiary/aromatic N) is 1. The smallest absolute Gasteiger partial charge is 0.267 e. The predicted molar refractivity (Wildman–Crippen MR) is 97.9 cm³/mol. The second kappa shape index (κ2) is 6.72. The van der Waals surface area contributed by atoms with E-state index in [1.165, 1.54) is 12.1 Å². The fraction of sp³-hybridized carbons (Fsp3) is 0.211. The Morgan fingerprint density at radius 3 is 2.36 bits per heavy atom. The van der Waals surface area contributed by atoms with Gasteiger partial charge in [-0.2, -0.15) is 0 Å². The van der Waals surface area contributed by atoms with Crippen molar-refractivity contribution in [1.82, 2.24) is 9.29 Å². The monoisotopic (exact) mass is 356 g/mol. The zero-order chi connectivity index (χ0) is 18.0. The maximum Gasteiger partial charge on any atom is 0.267 e. The number of aromatic nitrogens is 1. The third kappa shape index (κ3) is 3.58. The Morgan fingerprint density at radius 2 is 1.68 bits per heavy atom. The normalized spacial score (nSPS) is 11.8. The molecule has 0 aliphatic rings. The number of amides is 1. The maximum atomic E-state index is 12.6. The molecule has 0 saturated heterocycles. The van der Waals surface area contributed by atoms with E-state index in [0.29, 0.717) is 11.5 Å². The number of rotatable bonds is 5. The minimum atomic E-state index is -3.90. The van der Waals surface area contributed by atoms with E-state index in [9.17, 15) is 13.2 Å². The molecule has 130 valence electrons. The molecule has 1 N–H and O–H groups in total. The average Bonchev–Trinajstić information content (AvgIpc) is 2.94. The lowest BCUT2D eigenvalue weighted by Crippen LogP contribution is -2.30. The number of benzene rings is 2. The fourth-order valence-corrected chi connectivity index (χ4v) is 3.80. The van der Waals surface area contributed by atoms with Crippen LogP contribution in [0.3, 0.4) is 0 Å². The molecule has 0 spiro atoms. The van der Waals surface area contributed by atoms with E-state index in [0.717, 1.165) is 17.4 Å². The lowest BCUT2D eigenvalue weighted by molar-refractivity contribution is 0.0982. The highest BCUT2D eigenvalue weighted by atomic mass is 32.2. The van der Waals surface area contributed by atoms with Gasteiger partial charge in [-0.1, -0.05) is 50.2 Å². The Balaban J connectivity index is 1.98. The average molecular weight is 356 g/mol. The van der Waals surface area contributed by atoms with Crippen LogP contribution in [0.4, 0.5) is 0 Å². The van der Waals surface area contributed by atoms with Crippen molar-refractivity contribution in [3.63, 3.8) is 0 Å². The predicted octanol–water partition coefficient (Wildman–Crippen LogP) is 3.42. The zero-order valence-electron chi connectivity index (χ0n) is 14.1. The van der Waals surface area contributed by atoms with Gasteiger partial charge in [-0.3, -0.25) is 4.79 Å². The third-order valence-electron chi connectivity index (χ3n) is 3.88. The maximum absolute atomic E-state index is 12.6. The van der Waals surface area contributed by atoms with Crippen LogP contribution in [0.5, 0.6) is 0 Å². The Morgan fingerprint density at radius 1 is 1.04 bits per heavy atom. The largest absolute Gasteiger partial charge is 0.346 e. The summed E-state index contributed by atoms with van der Waals surface area (Å²) >= 11 is 0. The van der Waals surface area contributed by atoms with Crippen LogP contribution in [0.2, 0.25) is 0 Å². The molecule has 6 heteroatoms. The van der Waals surface area contributed by atoms with E-state index < -0.39 is 15.9 Å². The zero-order valence-corrected chi connectivity index (χ0v) is 15.0. The van der Waals surface area contributed by atoms with Gasteiger partial charge in [0.1, 0.15) is 0 Å². The molecule has 0 unspecified atom stereocenters. The number of sulfonamides is 1. The number of nitrogens with one attached hydrogen (secondary N) is 1. The Kier molecular flexibility index (Phi) is 4.63. The molecule has 3 rings (SSSR count). The quantitative estimate of drug-likeness (QED) is 0.762. The van der Waals surface area contributed by atoms with Crippen LogP contribution >= 0.6 is 0 Å². The van der Waals surface area contributed by atoms with Crippen molar-refractivity contribution in [2.75, 3.05) is 0 Å². The highest BCUT2D eigenvalue weighted by Crippen LogP contribution is 2.23. The summed E-state index contributed by atoms with van der Waals surface area (Å²) in [6.07, 6.45) is 1.72. The first-order valence-corrected chi connectivity index (χ1v) is 9.57. The van der Waals surface area contributed by atoms with Crippen molar-refractivity contribution >= 4 is 26.8 Å². The first kappa shape index (κ1) is 17.2. The summed E-state index contributed by atoms with van der Waals surface area (Å²) in [6, 6.07) is 15.4. The summed E-state index contributed by atoms with van der Waals surface area (Å²) in [5, 5.41) is 0.740. The number of hydrogen-bond donors (Lipinski definition) is 1. The van der Waals surface area contributed by atoms with Crippen LogP contribution in [-0.2, 0) is 16.6 Å². The molecule has 25 heavy (non-hydrogen) atoms. The standard InChI is InChI=1S/C19H20N2O3S/c1-14(2)12-21-13-17(16-10-6-7-11-18(16)21)19(22)20-25(23,24)15-8-4-3-5-9-15/h3-11,13-14H,12H2,1-2H3,(H,20,22). The minimum absolute atomic E-state index is 0.0641. The summed E-state index contributed by atoms with van der Waals surface area (Å²) in [4.78, 5) is 12.7. The van der Waals surface area contributed by atoms with Gasteiger partial charge in [0, 0.05) is 23.6 Å². The SMILES string of the molecule is CC(C)Cn1cc(C(=O)NS(=O)(=O)c2ccccc2)c2ccccc21. The molecule has 0 atom stereocenters. The van der Waals surface area contributed by atoms with Crippen LogP contribution in [0.1, 0.15) is 24.2 Å².